The van der Waals surface area contributed by atoms with Gasteiger partial charge in [-0.2, -0.15) is 0 Å². The van der Waals surface area contributed by atoms with E-state index in [1.807, 2.05) is 30.3 Å². The Balaban J connectivity index is 1.46. The van der Waals surface area contributed by atoms with Gasteiger partial charge in [0.2, 0.25) is 11.8 Å². The fourth-order valence-corrected chi connectivity index (χ4v) is 4.04. The van der Waals surface area contributed by atoms with Gasteiger partial charge >= 0.3 is 0 Å². The summed E-state index contributed by atoms with van der Waals surface area (Å²) in [6.45, 7) is 2.33. The first-order valence-electron chi connectivity index (χ1n) is 10.1. The van der Waals surface area contributed by atoms with Crippen LogP contribution >= 0.6 is 0 Å². The van der Waals surface area contributed by atoms with Crippen LogP contribution in [0, 0.1) is 5.92 Å². The number of hydrogen-bond donors (Lipinski definition) is 1. The molecular weight excluding hydrogens is 368 g/mol. The first-order valence-corrected chi connectivity index (χ1v) is 10.1. The van der Waals surface area contributed by atoms with Crippen molar-refractivity contribution in [1.29, 1.82) is 0 Å². The SMILES string of the molecule is COc1cccc(N2C[C@@H](C(=O)Nc3cnccc3N3CCCCC3)CC2=O)c1. The molecule has 2 aliphatic rings. The molecule has 2 aliphatic heterocycles. The van der Waals surface area contributed by atoms with E-state index in [1.165, 1.54) is 6.42 Å². The molecular formula is C22H26N4O3. The Morgan fingerprint density at radius 3 is 2.83 bits per heavy atom. The van der Waals surface area contributed by atoms with Crippen molar-refractivity contribution < 1.29 is 14.3 Å². The van der Waals surface area contributed by atoms with Crippen LogP contribution in [-0.2, 0) is 9.59 Å². The average Bonchev–Trinajstić information content (AvgIpc) is 3.16. The molecule has 0 radical (unpaired) electrons. The van der Waals surface area contributed by atoms with Gasteiger partial charge in [0.1, 0.15) is 5.75 Å². The third kappa shape index (κ3) is 4.18. The number of nitrogens with one attached hydrogen (secondary N) is 1. The number of rotatable bonds is 5. The topological polar surface area (TPSA) is 74.8 Å². The van der Waals surface area contributed by atoms with Crippen molar-refractivity contribution in [3.8, 4) is 5.75 Å². The van der Waals surface area contributed by atoms with E-state index >= 15 is 0 Å². The van der Waals surface area contributed by atoms with Crippen molar-refractivity contribution in [3.05, 3.63) is 42.7 Å². The van der Waals surface area contributed by atoms with E-state index in [0.717, 1.165) is 37.3 Å². The molecule has 1 aromatic carbocycles. The molecule has 2 aromatic rings. The number of amides is 2. The summed E-state index contributed by atoms with van der Waals surface area (Å²) in [6, 6.07) is 9.29. The zero-order chi connectivity index (χ0) is 20.2. The molecule has 29 heavy (non-hydrogen) atoms. The van der Waals surface area contributed by atoms with Crippen molar-refractivity contribution >= 4 is 28.9 Å². The molecule has 7 heteroatoms. The van der Waals surface area contributed by atoms with Crippen LogP contribution in [0.1, 0.15) is 25.7 Å². The fourth-order valence-electron chi connectivity index (χ4n) is 4.04. The predicted octanol–water partition coefficient (Wildman–Crippen LogP) is 3.07. The maximum Gasteiger partial charge on any atom is 0.229 e. The average molecular weight is 394 g/mol. The van der Waals surface area contributed by atoms with Crippen LogP contribution < -0.4 is 19.9 Å². The number of methoxy groups -OCH3 is 1. The molecule has 2 saturated heterocycles. The second kappa shape index (κ2) is 8.51. The lowest BCUT2D eigenvalue weighted by atomic mass is 10.1. The Labute approximate surface area is 170 Å². The molecule has 3 heterocycles. The molecule has 1 atom stereocenters. The van der Waals surface area contributed by atoms with Crippen molar-refractivity contribution in [2.24, 2.45) is 5.92 Å². The lowest BCUT2D eigenvalue weighted by Gasteiger charge is -2.30. The van der Waals surface area contributed by atoms with E-state index in [9.17, 15) is 9.59 Å². The van der Waals surface area contributed by atoms with Gasteiger partial charge in [0.15, 0.2) is 0 Å². The fraction of sp³-hybridized carbons (Fsp3) is 0.409. The number of nitrogens with zero attached hydrogens (tertiary/aromatic N) is 3. The summed E-state index contributed by atoms with van der Waals surface area (Å²) in [4.78, 5) is 33.6. The van der Waals surface area contributed by atoms with E-state index < -0.39 is 5.92 Å². The summed E-state index contributed by atoms with van der Waals surface area (Å²) >= 11 is 0. The Hall–Kier alpha value is -3.09. The zero-order valence-electron chi connectivity index (χ0n) is 16.6. The van der Waals surface area contributed by atoms with E-state index in [2.05, 4.69) is 15.2 Å². The van der Waals surface area contributed by atoms with E-state index in [-0.39, 0.29) is 18.2 Å². The van der Waals surface area contributed by atoms with Gasteiger partial charge in [-0.3, -0.25) is 14.6 Å². The molecule has 4 rings (SSSR count). The zero-order valence-corrected chi connectivity index (χ0v) is 16.6. The molecule has 152 valence electrons. The van der Waals surface area contributed by atoms with E-state index in [0.29, 0.717) is 18.0 Å². The van der Waals surface area contributed by atoms with Gasteiger partial charge in [0, 0.05) is 44.0 Å². The van der Waals surface area contributed by atoms with Crippen LogP contribution in [0.4, 0.5) is 17.1 Å². The number of carbonyl (C=O) groups is 2. The molecule has 1 N–H and O–H groups in total. The molecule has 0 spiro atoms. The van der Waals surface area contributed by atoms with Crippen LogP contribution in [0.2, 0.25) is 0 Å². The van der Waals surface area contributed by atoms with Crippen molar-refractivity contribution in [1.82, 2.24) is 4.98 Å². The summed E-state index contributed by atoms with van der Waals surface area (Å²) in [5.74, 6) is 0.0868. The molecule has 2 fully saturated rings. The highest BCUT2D eigenvalue weighted by Crippen LogP contribution is 2.31. The molecule has 7 nitrogen and oxygen atoms in total. The second-order valence-corrected chi connectivity index (χ2v) is 7.54. The van der Waals surface area contributed by atoms with Gasteiger partial charge in [-0.1, -0.05) is 6.07 Å². The molecule has 2 amide bonds. The summed E-state index contributed by atoms with van der Waals surface area (Å²) < 4.78 is 5.24. The summed E-state index contributed by atoms with van der Waals surface area (Å²) in [5.41, 5.74) is 2.47. The Bertz CT molecular complexity index is 895. The highest BCUT2D eigenvalue weighted by Gasteiger charge is 2.35. The minimum Gasteiger partial charge on any atom is -0.497 e. The summed E-state index contributed by atoms with van der Waals surface area (Å²) in [7, 11) is 1.59. The maximum absolute atomic E-state index is 12.9. The van der Waals surface area contributed by atoms with E-state index in [1.54, 1.807) is 24.4 Å². The molecule has 0 unspecified atom stereocenters. The quantitative estimate of drug-likeness (QED) is 0.844. The number of carbonyl (C=O) groups excluding carboxylic acids is 2. The predicted molar refractivity (Wildman–Crippen MR) is 112 cm³/mol. The Kier molecular flexibility index (Phi) is 5.64. The minimum absolute atomic E-state index is 0.0548. The highest BCUT2D eigenvalue weighted by atomic mass is 16.5. The van der Waals surface area contributed by atoms with Gasteiger partial charge in [-0.05, 0) is 37.5 Å². The number of ether oxygens (including phenoxy) is 1. The summed E-state index contributed by atoms with van der Waals surface area (Å²) in [5, 5.41) is 3.02. The van der Waals surface area contributed by atoms with Gasteiger partial charge in [0.05, 0.1) is 30.6 Å². The van der Waals surface area contributed by atoms with Crippen molar-refractivity contribution in [3.63, 3.8) is 0 Å². The summed E-state index contributed by atoms with van der Waals surface area (Å²) in [6.07, 6.45) is 7.20. The van der Waals surface area contributed by atoms with Gasteiger partial charge in [-0.15, -0.1) is 0 Å². The lowest BCUT2D eigenvalue weighted by molar-refractivity contribution is -0.122. The minimum atomic E-state index is -0.400. The smallest absolute Gasteiger partial charge is 0.229 e. The maximum atomic E-state index is 12.9. The third-order valence-electron chi connectivity index (χ3n) is 5.61. The normalized spacial score (nSPS) is 19.3. The standard InChI is InChI=1S/C22H26N4O3/c1-29-18-7-5-6-17(13-18)26-15-16(12-21(26)27)22(28)24-19-14-23-9-8-20(19)25-10-3-2-4-11-25/h5-9,13-14,16H,2-4,10-12,15H2,1H3,(H,24,28)/t16-/m0/s1. The monoisotopic (exact) mass is 394 g/mol. The molecule has 0 saturated carbocycles. The van der Waals surface area contributed by atoms with Crippen molar-refractivity contribution in [2.75, 3.05) is 41.9 Å². The first-order chi connectivity index (χ1) is 14.2. The van der Waals surface area contributed by atoms with Gasteiger partial charge in [-0.25, -0.2) is 0 Å². The molecule has 0 bridgehead atoms. The van der Waals surface area contributed by atoms with Crippen LogP contribution in [-0.4, -0.2) is 43.5 Å². The number of piperidine rings is 1. The van der Waals surface area contributed by atoms with Gasteiger partial charge in [0.25, 0.3) is 0 Å². The number of pyridine rings is 1. The Morgan fingerprint density at radius 1 is 1.21 bits per heavy atom. The number of hydrogen-bond acceptors (Lipinski definition) is 5. The number of aromatic nitrogens is 1. The van der Waals surface area contributed by atoms with Crippen molar-refractivity contribution in [2.45, 2.75) is 25.7 Å². The second-order valence-electron chi connectivity index (χ2n) is 7.54. The largest absolute Gasteiger partial charge is 0.497 e. The molecule has 1 aromatic heterocycles. The number of anilines is 3. The van der Waals surface area contributed by atoms with Crippen LogP contribution in [0.15, 0.2) is 42.7 Å². The van der Waals surface area contributed by atoms with Crippen LogP contribution in [0.5, 0.6) is 5.75 Å². The first kappa shape index (κ1) is 19.2. The Morgan fingerprint density at radius 2 is 2.03 bits per heavy atom. The van der Waals surface area contributed by atoms with Crippen LogP contribution in [0.3, 0.4) is 0 Å². The lowest BCUT2D eigenvalue weighted by Crippen LogP contribution is -2.32. The van der Waals surface area contributed by atoms with E-state index in [4.69, 9.17) is 4.74 Å². The van der Waals surface area contributed by atoms with Crippen LogP contribution in [0.25, 0.3) is 0 Å². The highest BCUT2D eigenvalue weighted by molar-refractivity contribution is 6.04. The van der Waals surface area contributed by atoms with Gasteiger partial charge < -0.3 is 19.9 Å². The molecule has 0 aliphatic carbocycles. The number of benzene rings is 1. The third-order valence-corrected chi connectivity index (χ3v) is 5.61.